The van der Waals surface area contributed by atoms with Crippen molar-refractivity contribution in [2.75, 3.05) is 0 Å². The molecule has 0 amide bonds. The minimum Gasteiger partial charge on any atom is -0.341 e. The Kier molecular flexibility index (Phi) is 2.73. The Morgan fingerprint density at radius 1 is 1.10 bits per heavy atom. The number of ketones is 1. The summed E-state index contributed by atoms with van der Waals surface area (Å²) >= 11 is 0. The van der Waals surface area contributed by atoms with Gasteiger partial charge >= 0.3 is 0 Å². The van der Waals surface area contributed by atoms with Crippen molar-refractivity contribution in [3.05, 3.63) is 35.5 Å². The molecule has 1 saturated carbocycles. The minimum absolute atomic E-state index is 0.356. The predicted molar refractivity (Wildman–Crippen MR) is 81.2 cm³/mol. The van der Waals surface area contributed by atoms with E-state index >= 15 is 0 Å². The fraction of sp³-hybridized carbons (Fsp3) is 0.500. The van der Waals surface area contributed by atoms with Crippen molar-refractivity contribution >= 4 is 16.7 Å². The van der Waals surface area contributed by atoms with Crippen molar-refractivity contribution in [1.82, 2.24) is 4.57 Å². The maximum absolute atomic E-state index is 12.5. The Labute approximate surface area is 119 Å². The van der Waals surface area contributed by atoms with Gasteiger partial charge in [-0.2, -0.15) is 0 Å². The van der Waals surface area contributed by atoms with Gasteiger partial charge in [-0.15, -0.1) is 0 Å². The number of Topliss-reactive ketones (excluding diaryl/α,β-unsaturated/α-hetero) is 1. The second-order valence-electron chi connectivity index (χ2n) is 6.47. The number of nitrogens with zero attached hydrogens (tertiary/aromatic N) is 1. The SMILES string of the molecule is Cn1c2c(c3ccccc31)[C@@H](C1CCCCC1)CC2=O. The lowest BCUT2D eigenvalue weighted by atomic mass is 9.77. The highest BCUT2D eigenvalue weighted by Crippen LogP contribution is 2.47. The van der Waals surface area contributed by atoms with Crippen LogP contribution < -0.4 is 0 Å². The Hall–Kier alpha value is -1.57. The molecule has 0 aliphatic heterocycles. The second kappa shape index (κ2) is 4.47. The van der Waals surface area contributed by atoms with Gasteiger partial charge in [0.15, 0.2) is 5.78 Å². The van der Waals surface area contributed by atoms with Gasteiger partial charge in [0.25, 0.3) is 0 Å². The number of fused-ring (bicyclic) bond motifs is 3. The van der Waals surface area contributed by atoms with Gasteiger partial charge in [-0.1, -0.05) is 37.5 Å². The average Bonchev–Trinajstić information content (AvgIpc) is 2.98. The molecule has 0 spiro atoms. The van der Waals surface area contributed by atoms with E-state index in [4.69, 9.17) is 0 Å². The molecule has 2 heteroatoms. The summed E-state index contributed by atoms with van der Waals surface area (Å²) in [6.07, 6.45) is 7.42. The summed E-state index contributed by atoms with van der Waals surface area (Å²) in [6.45, 7) is 0. The lowest BCUT2D eigenvalue weighted by molar-refractivity contribution is 0.0972. The molecule has 1 aromatic carbocycles. The van der Waals surface area contributed by atoms with Crippen molar-refractivity contribution < 1.29 is 4.79 Å². The highest BCUT2D eigenvalue weighted by Gasteiger charge is 2.39. The lowest BCUT2D eigenvalue weighted by Crippen LogP contribution is -2.14. The molecule has 2 nitrogen and oxygen atoms in total. The predicted octanol–water partition coefficient (Wildman–Crippen LogP) is 4.43. The molecule has 0 unspecified atom stereocenters. The highest BCUT2D eigenvalue weighted by molar-refractivity contribution is 6.07. The molecule has 0 radical (unpaired) electrons. The van der Waals surface area contributed by atoms with Gasteiger partial charge in [-0.25, -0.2) is 0 Å². The van der Waals surface area contributed by atoms with E-state index in [9.17, 15) is 4.79 Å². The first kappa shape index (κ1) is 12.2. The van der Waals surface area contributed by atoms with Crippen LogP contribution in [0.1, 0.15) is 60.5 Å². The van der Waals surface area contributed by atoms with E-state index in [1.807, 2.05) is 7.05 Å². The van der Waals surface area contributed by atoms with E-state index in [2.05, 4.69) is 28.8 Å². The Bertz CT molecular complexity index is 676. The molecule has 1 heterocycles. The van der Waals surface area contributed by atoms with E-state index in [0.717, 1.165) is 18.0 Å². The summed E-state index contributed by atoms with van der Waals surface area (Å²) in [5.74, 6) is 1.55. The van der Waals surface area contributed by atoms with Crippen molar-refractivity contribution in [1.29, 1.82) is 0 Å². The monoisotopic (exact) mass is 267 g/mol. The van der Waals surface area contributed by atoms with Gasteiger partial charge in [0, 0.05) is 24.4 Å². The van der Waals surface area contributed by atoms with Crippen LogP contribution >= 0.6 is 0 Å². The van der Waals surface area contributed by atoms with Crippen LogP contribution in [-0.4, -0.2) is 10.4 Å². The number of carbonyl (C=O) groups is 1. The third kappa shape index (κ3) is 1.60. The standard InChI is InChI=1S/C18H21NO/c1-19-15-10-6-5-9-13(15)17-14(11-16(20)18(17)19)12-7-3-2-4-8-12/h5-6,9-10,12,14H,2-4,7-8,11H2,1H3/t14-/m1/s1. The largest absolute Gasteiger partial charge is 0.341 e. The third-order valence-electron chi connectivity index (χ3n) is 5.41. The fourth-order valence-corrected chi connectivity index (χ4v) is 4.47. The molecule has 1 atom stereocenters. The van der Waals surface area contributed by atoms with Crippen LogP contribution in [-0.2, 0) is 7.05 Å². The van der Waals surface area contributed by atoms with Gasteiger partial charge in [-0.05, 0) is 36.3 Å². The summed E-state index contributed by atoms with van der Waals surface area (Å²) in [7, 11) is 2.04. The van der Waals surface area contributed by atoms with Gasteiger partial charge in [-0.3, -0.25) is 4.79 Å². The van der Waals surface area contributed by atoms with Crippen LogP contribution in [0, 0.1) is 5.92 Å². The van der Waals surface area contributed by atoms with Crippen LogP contribution in [0.5, 0.6) is 0 Å². The van der Waals surface area contributed by atoms with Crippen LogP contribution in [0.25, 0.3) is 10.9 Å². The van der Waals surface area contributed by atoms with E-state index in [1.165, 1.54) is 48.6 Å². The minimum atomic E-state index is 0.356. The molecular weight excluding hydrogens is 246 g/mol. The van der Waals surface area contributed by atoms with E-state index in [-0.39, 0.29) is 0 Å². The number of aryl methyl sites for hydroxylation is 1. The number of aromatic nitrogens is 1. The van der Waals surface area contributed by atoms with E-state index in [0.29, 0.717) is 11.7 Å². The van der Waals surface area contributed by atoms with Gasteiger partial charge < -0.3 is 4.57 Å². The fourth-order valence-electron chi connectivity index (χ4n) is 4.47. The Morgan fingerprint density at radius 3 is 2.65 bits per heavy atom. The quantitative estimate of drug-likeness (QED) is 0.749. The molecule has 0 N–H and O–H groups in total. The molecule has 2 aromatic rings. The summed E-state index contributed by atoms with van der Waals surface area (Å²) in [6, 6.07) is 8.50. The molecule has 4 rings (SSSR count). The molecule has 0 bridgehead atoms. The van der Waals surface area contributed by atoms with Gasteiger partial charge in [0.05, 0.1) is 5.69 Å². The zero-order chi connectivity index (χ0) is 13.7. The Morgan fingerprint density at radius 2 is 1.85 bits per heavy atom. The summed E-state index contributed by atoms with van der Waals surface area (Å²) < 4.78 is 2.12. The van der Waals surface area contributed by atoms with Crippen molar-refractivity contribution in [2.45, 2.75) is 44.4 Å². The molecular formula is C18H21NO. The molecule has 1 aromatic heterocycles. The van der Waals surface area contributed by atoms with Gasteiger partial charge in [0.2, 0.25) is 0 Å². The Balaban J connectivity index is 1.88. The zero-order valence-electron chi connectivity index (χ0n) is 12.1. The molecule has 0 saturated heterocycles. The van der Waals surface area contributed by atoms with Gasteiger partial charge in [0.1, 0.15) is 0 Å². The van der Waals surface area contributed by atoms with Crippen LogP contribution in [0.4, 0.5) is 0 Å². The number of carbonyl (C=O) groups excluding carboxylic acids is 1. The molecule has 20 heavy (non-hydrogen) atoms. The summed E-state index contributed by atoms with van der Waals surface area (Å²) in [5.41, 5.74) is 3.56. The van der Waals surface area contributed by atoms with Crippen molar-refractivity contribution in [2.24, 2.45) is 13.0 Å². The number of hydrogen-bond donors (Lipinski definition) is 0. The second-order valence-corrected chi connectivity index (χ2v) is 6.47. The molecule has 104 valence electrons. The highest BCUT2D eigenvalue weighted by atomic mass is 16.1. The van der Waals surface area contributed by atoms with Crippen LogP contribution in [0.15, 0.2) is 24.3 Å². The first-order chi connectivity index (χ1) is 9.77. The first-order valence-corrected chi connectivity index (χ1v) is 7.88. The van der Waals surface area contributed by atoms with Crippen molar-refractivity contribution in [3.8, 4) is 0 Å². The number of rotatable bonds is 1. The van der Waals surface area contributed by atoms with Crippen LogP contribution in [0.3, 0.4) is 0 Å². The topological polar surface area (TPSA) is 22.0 Å². The maximum atomic E-state index is 12.5. The smallest absolute Gasteiger partial charge is 0.180 e. The van der Waals surface area contributed by atoms with E-state index in [1.54, 1.807) is 0 Å². The van der Waals surface area contributed by atoms with Crippen molar-refractivity contribution in [3.63, 3.8) is 0 Å². The summed E-state index contributed by atoms with van der Waals surface area (Å²) in [5, 5.41) is 1.31. The zero-order valence-corrected chi connectivity index (χ0v) is 12.1. The number of hydrogen-bond acceptors (Lipinski definition) is 1. The third-order valence-corrected chi connectivity index (χ3v) is 5.41. The maximum Gasteiger partial charge on any atom is 0.180 e. The molecule has 1 fully saturated rings. The number of para-hydroxylation sites is 1. The normalized spacial score (nSPS) is 23.4. The van der Waals surface area contributed by atoms with Crippen LogP contribution in [0.2, 0.25) is 0 Å². The lowest BCUT2D eigenvalue weighted by Gasteiger charge is -2.27. The first-order valence-electron chi connectivity index (χ1n) is 7.88. The molecule has 2 aliphatic rings. The number of benzene rings is 1. The van der Waals surface area contributed by atoms with E-state index < -0.39 is 0 Å². The summed E-state index contributed by atoms with van der Waals surface area (Å²) in [4.78, 5) is 12.5. The average molecular weight is 267 g/mol. The molecule has 2 aliphatic carbocycles.